The number of hydrogen-bond acceptors (Lipinski definition) is 5. The molecule has 0 unspecified atom stereocenters. The first kappa shape index (κ1) is 22.5. The van der Waals surface area contributed by atoms with E-state index in [1.165, 1.54) is 28.6 Å². The molecule has 170 valence electrons. The van der Waals surface area contributed by atoms with E-state index in [1.807, 2.05) is 30.3 Å². The second kappa shape index (κ2) is 9.43. The molecule has 4 aromatic rings. The number of nitrogens with zero attached hydrogens (tertiary/aromatic N) is 3. The summed E-state index contributed by atoms with van der Waals surface area (Å²) in [6.45, 7) is 4.33. The molecule has 9 heteroatoms. The Morgan fingerprint density at radius 1 is 1.03 bits per heavy atom. The van der Waals surface area contributed by atoms with Crippen LogP contribution in [0.1, 0.15) is 24.2 Å². The number of para-hydroxylation sites is 1. The van der Waals surface area contributed by atoms with Crippen LogP contribution in [-0.4, -0.2) is 41.5 Å². The Kier molecular flexibility index (Phi) is 6.43. The third kappa shape index (κ3) is 4.59. The monoisotopic (exact) mass is 464 g/mol. The van der Waals surface area contributed by atoms with E-state index in [-0.39, 0.29) is 10.8 Å². The highest BCUT2D eigenvalue weighted by atomic mass is 32.2. The highest BCUT2D eigenvalue weighted by Crippen LogP contribution is 2.26. The number of hydrogen-bond donors (Lipinski definition) is 1. The van der Waals surface area contributed by atoms with E-state index in [1.54, 1.807) is 43.2 Å². The van der Waals surface area contributed by atoms with Gasteiger partial charge in [0.15, 0.2) is 0 Å². The molecule has 0 saturated heterocycles. The molecule has 8 nitrogen and oxygen atoms in total. The van der Waals surface area contributed by atoms with Crippen molar-refractivity contribution in [3.05, 3.63) is 84.8 Å². The van der Waals surface area contributed by atoms with Crippen LogP contribution in [-0.2, 0) is 10.0 Å². The maximum Gasteiger partial charge on any atom is 0.256 e. The van der Waals surface area contributed by atoms with Gasteiger partial charge in [0.2, 0.25) is 10.0 Å². The molecule has 0 saturated carbocycles. The Morgan fingerprint density at radius 2 is 1.73 bits per heavy atom. The molecule has 2 aromatic heterocycles. The van der Waals surface area contributed by atoms with Crippen molar-refractivity contribution in [2.45, 2.75) is 18.7 Å². The Morgan fingerprint density at radius 3 is 2.33 bits per heavy atom. The van der Waals surface area contributed by atoms with E-state index in [2.05, 4.69) is 10.4 Å². The summed E-state index contributed by atoms with van der Waals surface area (Å²) in [6, 6.07) is 18.9. The number of amides is 1. The number of benzene rings is 2. The highest BCUT2D eigenvalue weighted by Gasteiger charge is 2.22. The molecular formula is C24H24N4O4S. The molecule has 0 atom stereocenters. The number of sulfonamides is 1. The van der Waals surface area contributed by atoms with Crippen molar-refractivity contribution >= 4 is 21.7 Å². The van der Waals surface area contributed by atoms with Gasteiger partial charge < -0.3 is 9.73 Å². The van der Waals surface area contributed by atoms with E-state index < -0.39 is 10.0 Å². The number of carbonyl (C=O) groups is 1. The van der Waals surface area contributed by atoms with Crippen molar-refractivity contribution < 1.29 is 17.6 Å². The number of carbonyl (C=O) groups excluding carboxylic acids is 1. The fourth-order valence-electron chi connectivity index (χ4n) is 3.47. The number of nitrogens with one attached hydrogen (secondary N) is 1. The fourth-order valence-corrected chi connectivity index (χ4v) is 4.92. The molecule has 0 aliphatic heterocycles. The van der Waals surface area contributed by atoms with E-state index in [4.69, 9.17) is 4.42 Å². The van der Waals surface area contributed by atoms with Crippen molar-refractivity contribution in [1.29, 1.82) is 0 Å². The molecule has 0 fully saturated rings. The molecular weight excluding hydrogens is 440 g/mol. The summed E-state index contributed by atoms with van der Waals surface area (Å²) in [5.74, 6) is 0.0971. The quantitative estimate of drug-likeness (QED) is 0.416. The Hall–Kier alpha value is -3.69. The number of rotatable bonds is 8. The summed E-state index contributed by atoms with van der Waals surface area (Å²) >= 11 is 0. The van der Waals surface area contributed by atoms with Crippen LogP contribution in [0.5, 0.6) is 0 Å². The lowest BCUT2D eigenvalue weighted by Gasteiger charge is -2.18. The SMILES string of the molecule is CCN(CC)S(=O)(=O)c1ccc(C(=O)Nc2cc(-c3ccoc3)nn2-c2ccccc2)cc1. The van der Waals surface area contributed by atoms with Gasteiger partial charge in [0.1, 0.15) is 5.82 Å². The predicted octanol–water partition coefficient (Wildman–Crippen LogP) is 4.42. The van der Waals surface area contributed by atoms with Crippen LogP contribution in [0, 0.1) is 0 Å². The molecule has 0 radical (unpaired) electrons. The summed E-state index contributed by atoms with van der Waals surface area (Å²) in [5, 5.41) is 7.49. The van der Waals surface area contributed by atoms with Gasteiger partial charge in [0, 0.05) is 30.3 Å². The molecule has 33 heavy (non-hydrogen) atoms. The Bertz CT molecular complexity index is 1330. The zero-order chi connectivity index (χ0) is 23.4. The second-order valence-electron chi connectivity index (χ2n) is 7.24. The summed E-state index contributed by atoms with van der Waals surface area (Å²) in [6.07, 6.45) is 3.14. The molecule has 4 rings (SSSR count). The van der Waals surface area contributed by atoms with E-state index in [0.29, 0.717) is 30.2 Å². The zero-order valence-corrected chi connectivity index (χ0v) is 19.1. The Labute approximate surface area is 192 Å². The van der Waals surface area contributed by atoms with E-state index >= 15 is 0 Å². The van der Waals surface area contributed by atoms with Crippen molar-refractivity contribution in [3.63, 3.8) is 0 Å². The normalized spacial score (nSPS) is 11.6. The minimum absolute atomic E-state index is 0.152. The van der Waals surface area contributed by atoms with Crippen LogP contribution in [0.15, 0.2) is 88.6 Å². The van der Waals surface area contributed by atoms with E-state index in [0.717, 1.165) is 11.3 Å². The van der Waals surface area contributed by atoms with E-state index in [9.17, 15) is 13.2 Å². The number of furan rings is 1. The lowest BCUT2D eigenvalue weighted by molar-refractivity contribution is 0.102. The van der Waals surface area contributed by atoms with Crippen LogP contribution in [0.2, 0.25) is 0 Å². The zero-order valence-electron chi connectivity index (χ0n) is 18.3. The predicted molar refractivity (Wildman–Crippen MR) is 126 cm³/mol. The second-order valence-corrected chi connectivity index (χ2v) is 9.18. The van der Waals surface area contributed by atoms with Gasteiger partial charge in [-0.1, -0.05) is 32.0 Å². The molecule has 0 aliphatic carbocycles. The van der Waals surface area contributed by atoms with Gasteiger partial charge in [-0.2, -0.15) is 9.40 Å². The molecule has 2 aromatic carbocycles. The van der Waals surface area contributed by atoms with Crippen molar-refractivity contribution in [2.75, 3.05) is 18.4 Å². The first-order chi connectivity index (χ1) is 15.9. The maximum atomic E-state index is 13.0. The average molecular weight is 465 g/mol. The van der Waals surface area contributed by atoms with Crippen LogP contribution in [0.25, 0.3) is 16.9 Å². The van der Waals surface area contributed by atoms with Crippen molar-refractivity contribution in [1.82, 2.24) is 14.1 Å². The minimum atomic E-state index is -3.59. The first-order valence-electron chi connectivity index (χ1n) is 10.5. The largest absolute Gasteiger partial charge is 0.472 e. The lowest BCUT2D eigenvalue weighted by atomic mass is 10.2. The van der Waals surface area contributed by atoms with Crippen LogP contribution < -0.4 is 5.32 Å². The molecule has 0 bridgehead atoms. The molecule has 0 spiro atoms. The average Bonchev–Trinajstić information content (AvgIpc) is 3.51. The van der Waals surface area contributed by atoms with Crippen molar-refractivity contribution in [3.8, 4) is 16.9 Å². The van der Waals surface area contributed by atoms with Gasteiger partial charge in [0.25, 0.3) is 5.91 Å². The van der Waals surface area contributed by atoms with Gasteiger partial charge >= 0.3 is 0 Å². The van der Waals surface area contributed by atoms with Crippen LogP contribution >= 0.6 is 0 Å². The third-order valence-corrected chi connectivity index (χ3v) is 7.29. The fraction of sp³-hybridized carbons (Fsp3) is 0.167. The summed E-state index contributed by atoms with van der Waals surface area (Å²) in [7, 11) is -3.59. The lowest BCUT2D eigenvalue weighted by Crippen LogP contribution is -2.30. The smallest absolute Gasteiger partial charge is 0.256 e. The standard InChI is InChI=1S/C24H24N4O4S/c1-3-27(4-2)33(30,31)21-12-10-18(11-13-21)24(29)25-23-16-22(19-14-15-32-17-19)26-28(23)20-8-6-5-7-9-20/h5-17H,3-4H2,1-2H3,(H,25,29). The summed E-state index contributed by atoms with van der Waals surface area (Å²) in [4.78, 5) is 13.1. The minimum Gasteiger partial charge on any atom is -0.472 e. The molecule has 2 heterocycles. The van der Waals surface area contributed by atoms with Crippen molar-refractivity contribution in [2.24, 2.45) is 0 Å². The van der Waals surface area contributed by atoms with Gasteiger partial charge in [-0.05, 0) is 42.5 Å². The van der Waals surface area contributed by atoms with Crippen LogP contribution in [0.3, 0.4) is 0 Å². The number of anilines is 1. The maximum absolute atomic E-state index is 13.0. The molecule has 1 amide bonds. The molecule has 1 N–H and O–H groups in total. The van der Waals surface area contributed by atoms with Crippen LogP contribution in [0.4, 0.5) is 5.82 Å². The van der Waals surface area contributed by atoms with Gasteiger partial charge in [-0.3, -0.25) is 4.79 Å². The topological polar surface area (TPSA) is 97.4 Å². The summed E-state index contributed by atoms with van der Waals surface area (Å²) < 4.78 is 33.5. The first-order valence-corrected chi connectivity index (χ1v) is 12.0. The molecule has 0 aliphatic rings. The summed E-state index contributed by atoms with van der Waals surface area (Å²) in [5.41, 5.74) is 2.54. The van der Waals surface area contributed by atoms with Gasteiger partial charge in [-0.25, -0.2) is 13.1 Å². The van der Waals surface area contributed by atoms with Gasteiger partial charge in [0.05, 0.1) is 28.8 Å². The van der Waals surface area contributed by atoms with Gasteiger partial charge in [-0.15, -0.1) is 0 Å². The third-order valence-electron chi connectivity index (χ3n) is 5.23. The highest BCUT2D eigenvalue weighted by molar-refractivity contribution is 7.89. The Balaban J connectivity index is 1.62. The number of aromatic nitrogens is 2.